The number of aryl methyl sites for hydroxylation is 1. The summed E-state index contributed by atoms with van der Waals surface area (Å²) in [5.41, 5.74) is 3.76. The normalized spacial score (nSPS) is 21.8. The van der Waals surface area contributed by atoms with Crippen molar-refractivity contribution in [2.45, 2.75) is 31.8 Å². The molecule has 1 saturated carbocycles. The van der Waals surface area contributed by atoms with Gasteiger partial charge in [0.25, 0.3) is 0 Å². The van der Waals surface area contributed by atoms with E-state index >= 15 is 0 Å². The SMILES string of the molecule is Cn1cnc2c1[C@H](COCC1CC1)CN(Cc1ccc3c(c1)OCO3)C2. The second-order valence-electron chi connectivity index (χ2n) is 7.72. The van der Waals surface area contributed by atoms with Crippen LogP contribution in [-0.2, 0) is 24.9 Å². The van der Waals surface area contributed by atoms with E-state index in [9.17, 15) is 0 Å². The summed E-state index contributed by atoms with van der Waals surface area (Å²) in [5, 5.41) is 0. The van der Waals surface area contributed by atoms with Gasteiger partial charge in [-0.15, -0.1) is 0 Å². The van der Waals surface area contributed by atoms with Crippen molar-refractivity contribution in [3.8, 4) is 11.5 Å². The van der Waals surface area contributed by atoms with Gasteiger partial charge < -0.3 is 18.8 Å². The third kappa shape index (κ3) is 3.19. The maximum absolute atomic E-state index is 6.03. The van der Waals surface area contributed by atoms with Gasteiger partial charge in [0.2, 0.25) is 6.79 Å². The first-order chi connectivity index (χ1) is 12.8. The Morgan fingerprint density at radius 2 is 2.08 bits per heavy atom. The van der Waals surface area contributed by atoms with E-state index in [1.807, 2.05) is 12.4 Å². The fourth-order valence-electron chi connectivity index (χ4n) is 4.02. The summed E-state index contributed by atoms with van der Waals surface area (Å²) in [7, 11) is 2.09. The van der Waals surface area contributed by atoms with Gasteiger partial charge in [-0.3, -0.25) is 4.90 Å². The highest BCUT2D eigenvalue weighted by Gasteiger charge is 2.30. The van der Waals surface area contributed by atoms with E-state index in [1.165, 1.54) is 29.8 Å². The van der Waals surface area contributed by atoms with Crippen molar-refractivity contribution >= 4 is 0 Å². The van der Waals surface area contributed by atoms with Crippen LogP contribution in [0, 0.1) is 5.92 Å². The minimum Gasteiger partial charge on any atom is -0.454 e. The Morgan fingerprint density at radius 3 is 2.96 bits per heavy atom. The Morgan fingerprint density at radius 1 is 1.19 bits per heavy atom. The second-order valence-corrected chi connectivity index (χ2v) is 7.72. The average molecular weight is 355 g/mol. The molecule has 0 amide bonds. The number of rotatable bonds is 6. The standard InChI is InChI=1S/C20H25N3O3/c1-22-12-21-17-9-23(7-15-4-5-18-19(6-15)26-13-25-18)8-16(20(17)22)11-24-10-14-2-3-14/h4-6,12,14,16H,2-3,7-11,13H2,1H3/t16-/m0/s1. The van der Waals surface area contributed by atoms with Gasteiger partial charge in [-0.2, -0.15) is 0 Å². The molecule has 0 unspecified atom stereocenters. The first-order valence-electron chi connectivity index (χ1n) is 9.45. The van der Waals surface area contributed by atoms with Crippen LogP contribution in [0.2, 0.25) is 0 Å². The fourth-order valence-corrected chi connectivity index (χ4v) is 4.02. The van der Waals surface area contributed by atoms with Crippen LogP contribution in [0.4, 0.5) is 0 Å². The van der Waals surface area contributed by atoms with Gasteiger partial charge in [0.1, 0.15) is 0 Å². The molecular formula is C20H25N3O3. The molecule has 1 aliphatic carbocycles. The number of fused-ring (bicyclic) bond motifs is 2. The maximum Gasteiger partial charge on any atom is 0.231 e. The lowest BCUT2D eigenvalue weighted by atomic mass is 9.98. The lowest BCUT2D eigenvalue weighted by molar-refractivity contribution is 0.0867. The maximum atomic E-state index is 6.03. The van der Waals surface area contributed by atoms with E-state index in [0.717, 1.165) is 50.3 Å². The van der Waals surface area contributed by atoms with Crippen LogP contribution in [0.15, 0.2) is 24.5 Å². The summed E-state index contributed by atoms with van der Waals surface area (Å²) in [6, 6.07) is 6.22. The minimum atomic E-state index is 0.320. The average Bonchev–Trinajstić information content (AvgIpc) is 3.21. The summed E-state index contributed by atoms with van der Waals surface area (Å²) in [4.78, 5) is 7.09. The van der Waals surface area contributed by atoms with Crippen molar-refractivity contribution in [3.05, 3.63) is 41.5 Å². The molecule has 0 saturated heterocycles. The summed E-state index contributed by atoms with van der Waals surface area (Å²) >= 11 is 0. The van der Waals surface area contributed by atoms with Crippen LogP contribution < -0.4 is 9.47 Å². The molecule has 5 rings (SSSR count). The molecule has 0 radical (unpaired) electrons. The first kappa shape index (κ1) is 16.1. The molecule has 1 aromatic heterocycles. The molecule has 0 spiro atoms. The Hall–Kier alpha value is -2.05. The van der Waals surface area contributed by atoms with Crippen LogP contribution in [0.5, 0.6) is 11.5 Å². The van der Waals surface area contributed by atoms with E-state index in [1.54, 1.807) is 0 Å². The molecule has 0 N–H and O–H groups in total. The number of hydrogen-bond donors (Lipinski definition) is 0. The van der Waals surface area contributed by atoms with Crippen LogP contribution in [0.1, 0.15) is 35.7 Å². The van der Waals surface area contributed by atoms with Crippen LogP contribution in [-0.4, -0.2) is 41.0 Å². The molecule has 26 heavy (non-hydrogen) atoms. The molecule has 138 valence electrons. The predicted octanol–water partition coefficient (Wildman–Crippen LogP) is 2.67. The van der Waals surface area contributed by atoms with Gasteiger partial charge >= 0.3 is 0 Å². The van der Waals surface area contributed by atoms with Crippen molar-refractivity contribution in [2.75, 3.05) is 26.6 Å². The van der Waals surface area contributed by atoms with Crippen molar-refractivity contribution in [1.82, 2.24) is 14.5 Å². The van der Waals surface area contributed by atoms with Gasteiger partial charge in [-0.25, -0.2) is 4.98 Å². The topological polar surface area (TPSA) is 48.8 Å². The highest BCUT2D eigenvalue weighted by Crippen LogP contribution is 2.34. The predicted molar refractivity (Wildman–Crippen MR) is 96.2 cm³/mol. The lowest BCUT2D eigenvalue weighted by Crippen LogP contribution is -2.36. The zero-order chi connectivity index (χ0) is 17.5. The van der Waals surface area contributed by atoms with Gasteiger partial charge in [0.05, 0.1) is 18.6 Å². The van der Waals surface area contributed by atoms with E-state index < -0.39 is 0 Å². The van der Waals surface area contributed by atoms with Gasteiger partial charge in [-0.1, -0.05) is 6.07 Å². The molecular weight excluding hydrogens is 330 g/mol. The quantitative estimate of drug-likeness (QED) is 0.797. The number of benzene rings is 1. The summed E-state index contributed by atoms with van der Waals surface area (Å²) in [5.74, 6) is 2.86. The number of hydrogen-bond acceptors (Lipinski definition) is 5. The number of nitrogens with zero attached hydrogens (tertiary/aromatic N) is 3. The highest BCUT2D eigenvalue weighted by molar-refractivity contribution is 5.44. The van der Waals surface area contributed by atoms with E-state index in [4.69, 9.17) is 14.2 Å². The number of aromatic nitrogens is 2. The lowest BCUT2D eigenvalue weighted by Gasteiger charge is -2.33. The Balaban J connectivity index is 1.30. The highest BCUT2D eigenvalue weighted by atomic mass is 16.7. The molecule has 3 aliphatic rings. The van der Waals surface area contributed by atoms with Gasteiger partial charge in [0, 0.05) is 44.9 Å². The van der Waals surface area contributed by atoms with Gasteiger partial charge in [0.15, 0.2) is 11.5 Å². The summed E-state index contributed by atoms with van der Waals surface area (Å²) < 4.78 is 19.1. The molecule has 0 bridgehead atoms. The molecule has 6 heteroatoms. The van der Waals surface area contributed by atoms with E-state index in [-0.39, 0.29) is 0 Å². The summed E-state index contributed by atoms with van der Waals surface area (Å²) in [6.07, 6.45) is 4.60. The molecule has 6 nitrogen and oxygen atoms in total. The second kappa shape index (κ2) is 6.59. The van der Waals surface area contributed by atoms with E-state index in [0.29, 0.717) is 12.7 Å². The molecule has 3 heterocycles. The van der Waals surface area contributed by atoms with Crippen molar-refractivity contribution in [2.24, 2.45) is 13.0 Å². The van der Waals surface area contributed by atoms with E-state index in [2.05, 4.69) is 33.6 Å². The Kier molecular flexibility index (Phi) is 4.10. The molecule has 1 aromatic carbocycles. The van der Waals surface area contributed by atoms with Gasteiger partial charge in [-0.05, 0) is 36.5 Å². The van der Waals surface area contributed by atoms with Crippen LogP contribution in [0.3, 0.4) is 0 Å². The largest absolute Gasteiger partial charge is 0.454 e. The van der Waals surface area contributed by atoms with Crippen LogP contribution >= 0.6 is 0 Å². The molecule has 2 aromatic rings. The first-order valence-corrected chi connectivity index (χ1v) is 9.45. The molecule has 1 fully saturated rings. The zero-order valence-electron chi connectivity index (χ0n) is 15.2. The van der Waals surface area contributed by atoms with Crippen molar-refractivity contribution < 1.29 is 14.2 Å². The smallest absolute Gasteiger partial charge is 0.231 e. The third-order valence-corrected chi connectivity index (χ3v) is 5.51. The fraction of sp³-hybridized carbons (Fsp3) is 0.550. The van der Waals surface area contributed by atoms with Crippen molar-refractivity contribution in [3.63, 3.8) is 0 Å². The zero-order valence-corrected chi connectivity index (χ0v) is 15.2. The summed E-state index contributed by atoms with van der Waals surface area (Å²) in [6.45, 7) is 4.76. The van der Waals surface area contributed by atoms with Crippen LogP contribution in [0.25, 0.3) is 0 Å². The number of imidazole rings is 1. The Labute approximate surface area is 153 Å². The Bertz CT molecular complexity index is 800. The molecule has 1 atom stereocenters. The number of ether oxygens (including phenoxy) is 3. The minimum absolute atomic E-state index is 0.320. The third-order valence-electron chi connectivity index (χ3n) is 5.51. The van der Waals surface area contributed by atoms with Crippen molar-refractivity contribution in [1.29, 1.82) is 0 Å². The molecule has 2 aliphatic heterocycles. The monoisotopic (exact) mass is 355 g/mol.